The molecule has 27 heavy (non-hydrogen) atoms. The molecule has 0 amide bonds. The van der Waals surface area contributed by atoms with E-state index in [9.17, 15) is 4.79 Å². The number of anilines is 1. The number of H-pyrrole nitrogens is 1. The lowest BCUT2D eigenvalue weighted by Gasteiger charge is -2.30. The molecule has 1 fully saturated rings. The fourth-order valence-electron chi connectivity index (χ4n) is 3.93. The molecule has 134 valence electrons. The molecule has 3 aromatic heterocycles. The largest absolute Gasteiger partial charge is 0.357 e. The normalized spacial score (nSPS) is 15.5. The number of hydrogen-bond donors (Lipinski definition) is 1. The first-order valence-electron chi connectivity index (χ1n) is 9.34. The van der Waals surface area contributed by atoms with Gasteiger partial charge in [-0.3, -0.25) is 4.98 Å². The molecule has 1 aliphatic rings. The van der Waals surface area contributed by atoms with E-state index in [4.69, 9.17) is 0 Å². The van der Waals surface area contributed by atoms with Crippen molar-refractivity contribution in [2.45, 2.75) is 12.8 Å². The van der Waals surface area contributed by atoms with Gasteiger partial charge in [-0.1, -0.05) is 12.1 Å². The minimum atomic E-state index is 0.207. The van der Waals surface area contributed by atoms with Gasteiger partial charge in [-0.05, 0) is 42.7 Å². The van der Waals surface area contributed by atoms with Gasteiger partial charge >= 0.3 is 0 Å². The van der Waals surface area contributed by atoms with Crippen LogP contribution in [0.2, 0.25) is 0 Å². The monoisotopic (exact) mass is 356 g/mol. The quantitative estimate of drug-likeness (QED) is 0.559. The summed E-state index contributed by atoms with van der Waals surface area (Å²) in [6.45, 7) is 1.79. The third kappa shape index (κ3) is 2.85. The summed E-state index contributed by atoms with van der Waals surface area (Å²) in [4.78, 5) is 25.5. The Morgan fingerprint density at radius 2 is 1.81 bits per heavy atom. The van der Waals surface area contributed by atoms with Gasteiger partial charge in [-0.2, -0.15) is 0 Å². The number of carbonyl (C=O) groups is 1. The van der Waals surface area contributed by atoms with E-state index in [2.05, 4.69) is 50.2 Å². The van der Waals surface area contributed by atoms with Crippen molar-refractivity contribution >= 4 is 33.9 Å². The maximum absolute atomic E-state index is 10.9. The van der Waals surface area contributed by atoms with E-state index < -0.39 is 0 Å². The van der Waals surface area contributed by atoms with Crippen LogP contribution in [0.15, 0.2) is 55.0 Å². The van der Waals surface area contributed by atoms with E-state index in [-0.39, 0.29) is 5.92 Å². The Kier molecular flexibility index (Phi) is 3.85. The number of rotatable bonds is 3. The summed E-state index contributed by atoms with van der Waals surface area (Å²) in [5.41, 5.74) is 4.45. The third-order valence-corrected chi connectivity index (χ3v) is 5.54. The van der Waals surface area contributed by atoms with Crippen LogP contribution in [0, 0.1) is 5.92 Å². The number of carbonyl (C=O) groups excluding carboxylic acids is 1. The minimum Gasteiger partial charge on any atom is -0.357 e. The second kappa shape index (κ2) is 6.50. The number of fused-ring (bicyclic) bond motifs is 3. The van der Waals surface area contributed by atoms with Crippen LogP contribution in [-0.4, -0.2) is 34.3 Å². The van der Waals surface area contributed by atoms with Crippen molar-refractivity contribution in [3.8, 4) is 11.1 Å². The SMILES string of the molecule is O=CC1CCN(c2ccc(-c3ccc4c(c3)[nH]c3ccncc34)cn2)CC1. The summed E-state index contributed by atoms with van der Waals surface area (Å²) in [5.74, 6) is 1.19. The molecule has 0 unspecified atom stereocenters. The number of nitrogens with one attached hydrogen (secondary N) is 1. The molecule has 0 atom stereocenters. The molecular weight excluding hydrogens is 336 g/mol. The average Bonchev–Trinajstić information content (AvgIpc) is 3.12. The molecule has 0 bridgehead atoms. The standard InChI is InChI=1S/C22H20N4O/c27-14-15-6-9-26(10-7-15)22-4-2-17(12-24-22)16-1-3-18-19-13-23-8-5-20(19)25-21(18)11-16/h1-5,8,11-15,25H,6-7,9-10H2. The van der Waals surface area contributed by atoms with E-state index in [1.54, 1.807) is 6.20 Å². The molecule has 4 aromatic rings. The van der Waals surface area contributed by atoms with E-state index in [0.29, 0.717) is 0 Å². The maximum atomic E-state index is 10.9. The van der Waals surface area contributed by atoms with Crippen LogP contribution >= 0.6 is 0 Å². The lowest BCUT2D eigenvalue weighted by molar-refractivity contribution is -0.111. The van der Waals surface area contributed by atoms with E-state index >= 15 is 0 Å². The molecule has 1 aliphatic heterocycles. The first-order valence-corrected chi connectivity index (χ1v) is 9.34. The fraction of sp³-hybridized carbons (Fsp3) is 0.227. The van der Waals surface area contributed by atoms with Crippen LogP contribution in [0.1, 0.15) is 12.8 Å². The van der Waals surface area contributed by atoms with Gasteiger partial charge in [0.2, 0.25) is 0 Å². The molecule has 1 N–H and O–H groups in total. The number of aldehydes is 1. The zero-order valence-electron chi connectivity index (χ0n) is 14.9. The summed E-state index contributed by atoms with van der Waals surface area (Å²) in [7, 11) is 0. The first-order chi connectivity index (χ1) is 13.3. The fourth-order valence-corrected chi connectivity index (χ4v) is 3.93. The third-order valence-electron chi connectivity index (χ3n) is 5.54. The van der Waals surface area contributed by atoms with Crippen LogP contribution in [-0.2, 0) is 4.79 Å². The van der Waals surface area contributed by atoms with Gasteiger partial charge in [-0.25, -0.2) is 4.98 Å². The maximum Gasteiger partial charge on any atom is 0.128 e. The lowest BCUT2D eigenvalue weighted by Crippen LogP contribution is -2.34. The Morgan fingerprint density at radius 3 is 2.59 bits per heavy atom. The molecule has 0 aliphatic carbocycles. The van der Waals surface area contributed by atoms with Crippen molar-refractivity contribution in [2.24, 2.45) is 5.92 Å². The van der Waals surface area contributed by atoms with Crippen molar-refractivity contribution in [1.82, 2.24) is 15.0 Å². The van der Waals surface area contributed by atoms with Gasteiger partial charge in [0, 0.05) is 65.0 Å². The molecule has 1 aromatic carbocycles. The van der Waals surface area contributed by atoms with Crippen LogP contribution < -0.4 is 4.90 Å². The highest BCUT2D eigenvalue weighted by atomic mass is 16.1. The highest BCUT2D eigenvalue weighted by Gasteiger charge is 2.19. The molecule has 5 nitrogen and oxygen atoms in total. The van der Waals surface area contributed by atoms with Gasteiger partial charge in [0.1, 0.15) is 12.1 Å². The molecule has 0 radical (unpaired) electrons. The Balaban J connectivity index is 1.43. The van der Waals surface area contributed by atoms with Crippen molar-refractivity contribution in [2.75, 3.05) is 18.0 Å². The highest BCUT2D eigenvalue weighted by Crippen LogP contribution is 2.30. The van der Waals surface area contributed by atoms with Crippen molar-refractivity contribution in [3.63, 3.8) is 0 Å². The van der Waals surface area contributed by atoms with Crippen LogP contribution in [0.5, 0.6) is 0 Å². The van der Waals surface area contributed by atoms with E-state index in [1.165, 1.54) is 5.39 Å². The van der Waals surface area contributed by atoms with E-state index in [1.807, 2.05) is 18.5 Å². The summed E-state index contributed by atoms with van der Waals surface area (Å²) in [5, 5.41) is 2.33. The van der Waals surface area contributed by atoms with Gasteiger partial charge in [-0.15, -0.1) is 0 Å². The highest BCUT2D eigenvalue weighted by molar-refractivity contribution is 6.07. The molecule has 0 spiro atoms. The van der Waals surface area contributed by atoms with Crippen molar-refractivity contribution < 1.29 is 4.79 Å². The van der Waals surface area contributed by atoms with E-state index in [0.717, 1.165) is 65.6 Å². The number of benzene rings is 1. The number of pyridine rings is 2. The number of piperidine rings is 1. The Morgan fingerprint density at radius 1 is 0.963 bits per heavy atom. The zero-order valence-corrected chi connectivity index (χ0v) is 14.9. The average molecular weight is 356 g/mol. The Hall–Kier alpha value is -3.21. The minimum absolute atomic E-state index is 0.207. The Labute approximate surface area is 157 Å². The van der Waals surface area contributed by atoms with Gasteiger partial charge in [0.15, 0.2) is 0 Å². The molecule has 1 saturated heterocycles. The van der Waals surface area contributed by atoms with Crippen LogP contribution in [0.25, 0.3) is 32.9 Å². The van der Waals surface area contributed by atoms with Gasteiger partial charge in [0.05, 0.1) is 0 Å². The second-order valence-corrected chi connectivity index (χ2v) is 7.17. The number of aromatic amines is 1. The van der Waals surface area contributed by atoms with Crippen molar-refractivity contribution in [3.05, 3.63) is 55.0 Å². The Bertz CT molecular complexity index is 1110. The first kappa shape index (κ1) is 16.0. The molecular formula is C22H20N4O. The molecule has 0 saturated carbocycles. The summed E-state index contributed by atoms with van der Waals surface area (Å²) >= 11 is 0. The summed E-state index contributed by atoms with van der Waals surface area (Å²) in [6, 6.07) is 12.6. The number of hydrogen-bond acceptors (Lipinski definition) is 4. The van der Waals surface area contributed by atoms with Crippen LogP contribution in [0.4, 0.5) is 5.82 Å². The molecule has 5 heteroatoms. The lowest BCUT2D eigenvalue weighted by atomic mass is 9.98. The van der Waals surface area contributed by atoms with Crippen LogP contribution in [0.3, 0.4) is 0 Å². The summed E-state index contributed by atoms with van der Waals surface area (Å²) < 4.78 is 0. The van der Waals surface area contributed by atoms with Crippen molar-refractivity contribution in [1.29, 1.82) is 0 Å². The van der Waals surface area contributed by atoms with Gasteiger partial charge < -0.3 is 14.7 Å². The number of nitrogens with zero attached hydrogens (tertiary/aromatic N) is 3. The predicted octanol–water partition coefficient (Wildman–Crippen LogP) is 4.19. The number of aromatic nitrogens is 3. The predicted molar refractivity (Wildman–Crippen MR) is 108 cm³/mol. The molecule has 5 rings (SSSR count). The zero-order chi connectivity index (χ0) is 18.2. The van der Waals surface area contributed by atoms with Gasteiger partial charge in [0.25, 0.3) is 0 Å². The molecule has 4 heterocycles. The smallest absolute Gasteiger partial charge is 0.128 e. The topological polar surface area (TPSA) is 61.9 Å². The second-order valence-electron chi connectivity index (χ2n) is 7.17. The summed E-state index contributed by atoms with van der Waals surface area (Å²) in [6.07, 6.45) is 8.56.